The van der Waals surface area contributed by atoms with E-state index in [1.807, 2.05) is 0 Å². The second-order valence-electron chi connectivity index (χ2n) is 8.08. The van der Waals surface area contributed by atoms with E-state index in [2.05, 4.69) is 20.8 Å². The first-order valence-corrected chi connectivity index (χ1v) is 12.1. The van der Waals surface area contributed by atoms with E-state index < -0.39 is 0 Å². The molecule has 0 aromatic rings. The van der Waals surface area contributed by atoms with Gasteiger partial charge in [-0.05, 0) is 25.2 Å². The van der Waals surface area contributed by atoms with E-state index in [1.54, 1.807) is 0 Å². The smallest absolute Gasteiger partial charge is 0.305 e. The van der Waals surface area contributed by atoms with Crippen LogP contribution in [-0.2, 0) is 28.5 Å². The Morgan fingerprint density at radius 2 is 1.10 bits per heavy atom. The molecule has 0 aromatic heterocycles. The van der Waals surface area contributed by atoms with Crippen molar-refractivity contribution in [2.75, 3.05) is 59.5 Å². The summed E-state index contributed by atoms with van der Waals surface area (Å²) in [6.07, 6.45) is 10.6. The number of rotatable bonds is 24. The van der Waals surface area contributed by atoms with Crippen molar-refractivity contribution < 1.29 is 28.5 Å². The lowest BCUT2D eigenvalue weighted by Gasteiger charge is -2.08. The molecule has 0 atom stereocenters. The van der Waals surface area contributed by atoms with Crippen molar-refractivity contribution >= 4 is 5.97 Å². The van der Waals surface area contributed by atoms with Crippen LogP contribution in [0.3, 0.4) is 0 Å². The van der Waals surface area contributed by atoms with Gasteiger partial charge in [-0.3, -0.25) is 4.79 Å². The third-order valence-electron chi connectivity index (χ3n) is 4.62. The molecule has 0 aromatic carbocycles. The summed E-state index contributed by atoms with van der Waals surface area (Å²) in [5.41, 5.74) is 0. The largest absolute Gasteiger partial charge is 0.466 e. The molecule has 0 unspecified atom stereocenters. The van der Waals surface area contributed by atoms with Crippen LogP contribution in [0.4, 0.5) is 0 Å². The lowest BCUT2D eigenvalue weighted by atomic mass is 10.0. The summed E-state index contributed by atoms with van der Waals surface area (Å²) in [7, 11) is 0. The molecule has 30 heavy (non-hydrogen) atoms. The van der Waals surface area contributed by atoms with Gasteiger partial charge >= 0.3 is 5.97 Å². The first-order valence-electron chi connectivity index (χ1n) is 12.1. The minimum absolute atomic E-state index is 0.122. The Morgan fingerprint density at radius 3 is 1.67 bits per heavy atom. The normalized spacial score (nSPS) is 11.3. The summed E-state index contributed by atoms with van der Waals surface area (Å²) in [6, 6.07) is 0. The highest BCUT2D eigenvalue weighted by Crippen LogP contribution is 2.09. The monoisotopic (exact) mass is 432 g/mol. The van der Waals surface area contributed by atoms with E-state index in [0.29, 0.717) is 65.7 Å². The zero-order valence-corrected chi connectivity index (χ0v) is 20.0. The second kappa shape index (κ2) is 24.6. The zero-order chi connectivity index (χ0) is 22.1. The fourth-order valence-corrected chi connectivity index (χ4v) is 2.80. The van der Waals surface area contributed by atoms with E-state index in [1.165, 1.54) is 32.1 Å². The topological polar surface area (TPSA) is 63.2 Å². The Hall–Kier alpha value is -0.690. The van der Waals surface area contributed by atoms with Crippen molar-refractivity contribution in [1.29, 1.82) is 0 Å². The number of carbonyl (C=O) groups excluding carboxylic acids is 1. The fraction of sp³-hybridized carbons (Fsp3) is 0.958. The van der Waals surface area contributed by atoms with E-state index in [-0.39, 0.29) is 5.97 Å². The van der Waals surface area contributed by atoms with Crippen molar-refractivity contribution in [3.05, 3.63) is 0 Å². The molecular weight excluding hydrogens is 384 g/mol. The lowest BCUT2D eigenvalue weighted by Crippen LogP contribution is -2.12. The number of carbonyl (C=O) groups is 1. The van der Waals surface area contributed by atoms with Gasteiger partial charge in [-0.1, -0.05) is 59.3 Å². The number of ether oxygens (including phenoxy) is 5. The maximum absolute atomic E-state index is 11.6. The van der Waals surface area contributed by atoms with E-state index in [4.69, 9.17) is 23.7 Å². The van der Waals surface area contributed by atoms with Crippen LogP contribution >= 0.6 is 0 Å². The van der Waals surface area contributed by atoms with Gasteiger partial charge in [-0.15, -0.1) is 0 Å². The van der Waals surface area contributed by atoms with Crippen molar-refractivity contribution in [3.63, 3.8) is 0 Å². The summed E-state index contributed by atoms with van der Waals surface area (Å²) in [4.78, 5) is 11.6. The molecule has 0 amide bonds. The van der Waals surface area contributed by atoms with E-state index in [0.717, 1.165) is 31.8 Å². The maximum atomic E-state index is 11.6. The fourth-order valence-electron chi connectivity index (χ4n) is 2.80. The van der Waals surface area contributed by atoms with Crippen LogP contribution in [0.15, 0.2) is 0 Å². The van der Waals surface area contributed by atoms with Gasteiger partial charge in [-0.2, -0.15) is 0 Å². The first-order chi connectivity index (χ1) is 14.7. The molecule has 0 bridgehead atoms. The predicted octanol–water partition coefficient (Wildman–Crippen LogP) is 5.17. The summed E-state index contributed by atoms with van der Waals surface area (Å²) in [5, 5.41) is 0. The van der Waals surface area contributed by atoms with Gasteiger partial charge in [0.15, 0.2) is 0 Å². The molecule has 0 heterocycles. The van der Waals surface area contributed by atoms with Crippen LogP contribution < -0.4 is 0 Å². The van der Waals surface area contributed by atoms with Crippen LogP contribution in [0.2, 0.25) is 0 Å². The highest BCUT2D eigenvalue weighted by molar-refractivity contribution is 5.69. The molecule has 0 saturated heterocycles. The van der Waals surface area contributed by atoms with Crippen molar-refractivity contribution in [3.8, 4) is 0 Å². The van der Waals surface area contributed by atoms with Gasteiger partial charge in [-0.25, -0.2) is 0 Å². The highest BCUT2D eigenvalue weighted by atomic mass is 16.6. The summed E-state index contributed by atoms with van der Waals surface area (Å²) >= 11 is 0. The zero-order valence-electron chi connectivity index (χ0n) is 20.0. The third-order valence-corrected chi connectivity index (χ3v) is 4.62. The van der Waals surface area contributed by atoms with Gasteiger partial charge in [0, 0.05) is 19.6 Å². The van der Waals surface area contributed by atoms with E-state index in [9.17, 15) is 4.79 Å². The minimum atomic E-state index is -0.122. The number of hydrogen-bond donors (Lipinski definition) is 0. The summed E-state index contributed by atoms with van der Waals surface area (Å²) in [6.45, 7) is 12.1. The Morgan fingerprint density at radius 1 is 0.600 bits per heavy atom. The average molecular weight is 433 g/mol. The third kappa shape index (κ3) is 25.3. The molecule has 6 nitrogen and oxygen atoms in total. The Kier molecular flexibility index (Phi) is 24.0. The van der Waals surface area contributed by atoms with Crippen LogP contribution in [0.25, 0.3) is 0 Å². The predicted molar refractivity (Wildman–Crippen MR) is 121 cm³/mol. The number of esters is 1. The van der Waals surface area contributed by atoms with Gasteiger partial charge in [0.05, 0.1) is 46.2 Å². The van der Waals surface area contributed by atoms with Gasteiger partial charge in [0.2, 0.25) is 0 Å². The molecule has 0 N–H and O–H groups in total. The molecule has 0 spiro atoms. The molecule has 0 aliphatic heterocycles. The van der Waals surface area contributed by atoms with Crippen LogP contribution in [0.5, 0.6) is 0 Å². The first kappa shape index (κ1) is 29.3. The van der Waals surface area contributed by atoms with Crippen molar-refractivity contribution in [2.24, 2.45) is 5.92 Å². The van der Waals surface area contributed by atoms with E-state index >= 15 is 0 Å². The Balaban J connectivity index is 3.13. The lowest BCUT2D eigenvalue weighted by molar-refractivity contribution is -0.144. The number of hydrogen-bond acceptors (Lipinski definition) is 6. The molecule has 6 heteroatoms. The average Bonchev–Trinajstić information content (AvgIpc) is 2.72. The second-order valence-corrected chi connectivity index (χ2v) is 8.08. The SMILES string of the molecule is CCCCCOCCOCCOCCOCCCC(=O)OCCCCCCC(C)C. The number of unbranched alkanes of at least 4 members (excludes halogenated alkanes) is 5. The molecule has 180 valence electrons. The Bertz CT molecular complexity index is 349. The summed E-state index contributed by atoms with van der Waals surface area (Å²) in [5.74, 6) is 0.657. The molecule has 0 saturated carbocycles. The molecule has 0 radical (unpaired) electrons. The van der Waals surface area contributed by atoms with Gasteiger partial charge in [0.25, 0.3) is 0 Å². The molecule has 0 rings (SSSR count). The Labute approximate surface area is 185 Å². The van der Waals surface area contributed by atoms with Crippen LogP contribution in [-0.4, -0.2) is 65.4 Å². The van der Waals surface area contributed by atoms with Crippen LogP contribution in [0.1, 0.15) is 85.0 Å². The summed E-state index contributed by atoms with van der Waals surface area (Å²) < 4.78 is 27.1. The molecule has 0 aliphatic rings. The highest BCUT2D eigenvalue weighted by Gasteiger charge is 2.03. The van der Waals surface area contributed by atoms with Crippen LogP contribution in [0, 0.1) is 5.92 Å². The standard InChI is InChI=1S/C24H48O6/c1-4-5-9-14-26-17-19-28-21-22-29-20-18-27-15-11-13-24(25)30-16-10-7-6-8-12-23(2)3/h23H,4-22H2,1-3H3. The minimum Gasteiger partial charge on any atom is -0.466 e. The van der Waals surface area contributed by atoms with Crippen molar-refractivity contribution in [1.82, 2.24) is 0 Å². The van der Waals surface area contributed by atoms with Gasteiger partial charge < -0.3 is 23.7 Å². The van der Waals surface area contributed by atoms with Crippen molar-refractivity contribution in [2.45, 2.75) is 85.0 Å². The quantitative estimate of drug-likeness (QED) is 0.155. The maximum Gasteiger partial charge on any atom is 0.305 e. The van der Waals surface area contributed by atoms with Gasteiger partial charge in [0.1, 0.15) is 0 Å². The molecular formula is C24H48O6. The molecule has 0 fully saturated rings. The molecule has 0 aliphatic carbocycles.